The van der Waals surface area contributed by atoms with E-state index in [4.69, 9.17) is 0 Å². The molecule has 19 heteroatoms. The molecule has 7 rings (SSSR count). The zero-order chi connectivity index (χ0) is 35.5. The van der Waals surface area contributed by atoms with Crippen LogP contribution in [-0.2, 0) is 12.4 Å². The Hall–Kier alpha value is -3.52. The lowest BCUT2D eigenvalue weighted by atomic mass is 10.1. The summed E-state index contributed by atoms with van der Waals surface area (Å²) in [7, 11) is 0. The summed E-state index contributed by atoms with van der Waals surface area (Å²) >= 11 is 5.09. The second-order valence-electron chi connectivity index (χ2n) is 10.0. The van der Waals surface area contributed by atoms with Crippen molar-refractivity contribution in [3.05, 3.63) is 94.1 Å². The topological polar surface area (TPSA) is 0 Å². The fraction of sp³-hybridized carbons (Fsp3) is 0.0667. The molecule has 0 N–H and O–H groups in total. The van der Waals surface area contributed by atoms with Crippen LogP contribution in [0.15, 0.2) is 36.4 Å². The standard InChI is InChI=1S/C30H6F14S5/c31-19-15(20(32)24(36)17(23(19)35)29(39,40)41)9-3-1-7(45-9)11-5-13-27(48-11)28-14(47-13)6-12(49-28)8-2-4-10(46-8)16-21(33)25(37)18(30(42,43)44)26(38)22(16)34/h1-6H. The Morgan fingerprint density at radius 1 is 0.347 bits per heavy atom. The van der Waals surface area contributed by atoms with Gasteiger partial charge in [-0.2, -0.15) is 26.3 Å². The fourth-order valence-corrected chi connectivity index (χ4v) is 11.2. The van der Waals surface area contributed by atoms with Crippen molar-refractivity contribution in [2.24, 2.45) is 0 Å². The highest BCUT2D eigenvalue weighted by atomic mass is 32.1. The number of rotatable bonds is 4. The smallest absolute Gasteiger partial charge is 0.203 e. The first-order chi connectivity index (χ1) is 22.9. The highest BCUT2D eigenvalue weighted by molar-refractivity contribution is 7.41. The van der Waals surface area contributed by atoms with Crippen molar-refractivity contribution in [3.8, 4) is 40.4 Å². The molecule has 254 valence electrons. The van der Waals surface area contributed by atoms with Gasteiger partial charge in [-0.3, -0.25) is 0 Å². The minimum atomic E-state index is -5.68. The Morgan fingerprint density at radius 3 is 0.959 bits per heavy atom. The Kier molecular flexibility index (Phi) is 7.97. The molecule has 7 aromatic rings. The van der Waals surface area contributed by atoms with Crippen LogP contribution in [0, 0.1) is 46.5 Å². The Bertz CT molecular complexity index is 2240. The predicted molar refractivity (Wildman–Crippen MR) is 162 cm³/mol. The van der Waals surface area contributed by atoms with Crippen LogP contribution in [0.2, 0.25) is 0 Å². The number of hydrogen-bond donors (Lipinski definition) is 0. The number of thiophene rings is 5. The van der Waals surface area contributed by atoms with E-state index in [2.05, 4.69) is 0 Å². The molecule has 0 nitrogen and oxygen atoms in total. The van der Waals surface area contributed by atoms with Gasteiger partial charge in [0.2, 0.25) is 0 Å². The van der Waals surface area contributed by atoms with Crippen molar-refractivity contribution in [3.63, 3.8) is 0 Å². The van der Waals surface area contributed by atoms with Crippen LogP contribution in [0.1, 0.15) is 11.1 Å². The van der Waals surface area contributed by atoms with Crippen LogP contribution in [-0.4, -0.2) is 0 Å². The van der Waals surface area contributed by atoms with Crippen molar-refractivity contribution < 1.29 is 61.5 Å². The molecule has 0 radical (unpaired) electrons. The van der Waals surface area contributed by atoms with Gasteiger partial charge in [0.05, 0.1) is 20.5 Å². The summed E-state index contributed by atoms with van der Waals surface area (Å²) in [5.74, 6) is -19.1. The summed E-state index contributed by atoms with van der Waals surface area (Å²) in [5.41, 5.74) is -7.94. The third-order valence-corrected chi connectivity index (χ3v) is 13.5. The molecule has 5 heterocycles. The van der Waals surface area contributed by atoms with E-state index < -0.39 is 81.1 Å². The molecule has 0 saturated heterocycles. The number of hydrogen-bond acceptors (Lipinski definition) is 5. The van der Waals surface area contributed by atoms with Gasteiger partial charge < -0.3 is 0 Å². The number of alkyl halides is 6. The van der Waals surface area contributed by atoms with Crippen LogP contribution in [0.25, 0.3) is 59.2 Å². The first kappa shape index (κ1) is 34.0. The maximum Gasteiger partial charge on any atom is 0.422 e. The summed E-state index contributed by atoms with van der Waals surface area (Å²) in [6, 6.07) is 8.39. The molecule has 0 atom stereocenters. The number of benzene rings is 2. The van der Waals surface area contributed by atoms with Gasteiger partial charge in [0.1, 0.15) is 11.1 Å². The molecule has 2 aromatic carbocycles. The van der Waals surface area contributed by atoms with E-state index in [0.717, 1.165) is 30.9 Å². The second-order valence-corrected chi connectivity index (χ2v) is 15.4. The minimum absolute atomic E-state index is 0.369. The molecule has 0 saturated carbocycles. The van der Waals surface area contributed by atoms with Crippen molar-refractivity contribution in [1.82, 2.24) is 0 Å². The highest BCUT2D eigenvalue weighted by Gasteiger charge is 2.44. The van der Waals surface area contributed by atoms with E-state index in [0.29, 0.717) is 42.2 Å². The quantitative estimate of drug-likeness (QED) is 0.123. The van der Waals surface area contributed by atoms with Crippen LogP contribution in [0.4, 0.5) is 61.5 Å². The average Bonchev–Trinajstić information content (AvgIpc) is 3.82. The molecule has 0 aliphatic rings. The van der Waals surface area contributed by atoms with E-state index in [1.807, 2.05) is 0 Å². The van der Waals surface area contributed by atoms with Gasteiger partial charge in [-0.15, -0.1) is 56.7 Å². The van der Waals surface area contributed by atoms with Crippen molar-refractivity contribution in [1.29, 1.82) is 0 Å². The molecule has 5 aromatic heterocycles. The van der Waals surface area contributed by atoms with Gasteiger partial charge in [0.15, 0.2) is 46.5 Å². The molecule has 0 amide bonds. The lowest BCUT2D eigenvalue weighted by Crippen LogP contribution is -2.15. The van der Waals surface area contributed by atoms with Crippen LogP contribution in [0.5, 0.6) is 0 Å². The summed E-state index contributed by atoms with van der Waals surface area (Å²) < 4.78 is 196. The monoisotopic (exact) mass is 792 g/mol. The van der Waals surface area contributed by atoms with Gasteiger partial charge in [-0.1, -0.05) is 0 Å². The van der Waals surface area contributed by atoms with Gasteiger partial charge in [-0.25, -0.2) is 35.1 Å². The first-order valence-electron chi connectivity index (χ1n) is 12.9. The Labute approximate surface area is 282 Å². The molecule has 49 heavy (non-hydrogen) atoms. The molecule has 0 bridgehead atoms. The molecular formula is C30H6F14S5. The predicted octanol–water partition coefficient (Wildman–Crippen LogP) is 14.1. The summed E-state index contributed by atoms with van der Waals surface area (Å²) in [6.07, 6.45) is -11.4. The SMILES string of the molecule is Fc1c(F)c(C(F)(F)F)c(F)c(F)c1-c1ccc(-c2cc3sc4cc(-c5ccc(-c6c(F)c(F)c(C(F)(F)F)c(F)c6F)s5)sc4c3s2)s1. The van der Waals surface area contributed by atoms with E-state index >= 15 is 0 Å². The van der Waals surface area contributed by atoms with Gasteiger partial charge in [-0.05, 0) is 36.4 Å². The van der Waals surface area contributed by atoms with E-state index in [1.54, 1.807) is 12.1 Å². The van der Waals surface area contributed by atoms with Crippen molar-refractivity contribution in [2.75, 3.05) is 0 Å². The molecule has 0 fully saturated rings. The maximum absolute atomic E-state index is 14.6. The zero-order valence-electron chi connectivity index (χ0n) is 22.8. The highest BCUT2D eigenvalue weighted by Crippen LogP contribution is 2.51. The Balaban J connectivity index is 1.23. The van der Waals surface area contributed by atoms with Gasteiger partial charge in [0, 0.05) is 38.7 Å². The van der Waals surface area contributed by atoms with E-state index in [1.165, 1.54) is 46.1 Å². The minimum Gasteiger partial charge on any atom is -0.203 e. The van der Waals surface area contributed by atoms with Gasteiger partial charge in [0.25, 0.3) is 0 Å². The van der Waals surface area contributed by atoms with Gasteiger partial charge >= 0.3 is 12.4 Å². The Morgan fingerprint density at radius 2 is 0.653 bits per heavy atom. The average molecular weight is 793 g/mol. The molecular weight excluding hydrogens is 787 g/mol. The number of fused-ring (bicyclic) bond motifs is 3. The summed E-state index contributed by atoms with van der Waals surface area (Å²) in [5, 5.41) is 0. The van der Waals surface area contributed by atoms with Crippen LogP contribution < -0.4 is 0 Å². The van der Waals surface area contributed by atoms with Crippen LogP contribution >= 0.6 is 56.7 Å². The summed E-state index contributed by atoms with van der Waals surface area (Å²) in [6.45, 7) is 0. The lowest BCUT2D eigenvalue weighted by Gasteiger charge is -2.13. The third-order valence-electron chi connectivity index (χ3n) is 7.11. The largest absolute Gasteiger partial charge is 0.422 e. The second kappa shape index (κ2) is 11.5. The van der Waals surface area contributed by atoms with Crippen LogP contribution in [0.3, 0.4) is 0 Å². The normalized spacial score (nSPS) is 12.7. The van der Waals surface area contributed by atoms with Crippen molar-refractivity contribution in [2.45, 2.75) is 12.4 Å². The zero-order valence-corrected chi connectivity index (χ0v) is 26.9. The van der Waals surface area contributed by atoms with Crippen molar-refractivity contribution >= 4 is 75.5 Å². The molecule has 0 aliphatic heterocycles. The number of halogens is 14. The summed E-state index contributed by atoms with van der Waals surface area (Å²) in [4.78, 5) is 1.08. The lowest BCUT2D eigenvalue weighted by molar-refractivity contribution is -0.144. The molecule has 0 unspecified atom stereocenters. The molecule has 0 spiro atoms. The maximum atomic E-state index is 14.6. The first-order valence-corrected chi connectivity index (χ1v) is 17.0. The van der Waals surface area contributed by atoms with E-state index in [9.17, 15) is 61.5 Å². The molecule has 0 aliphatic carbocycles. The van der Waals surface area contributed by atoms with E-state index in [-0.39, 0.29) is 9.75 Å². The fourth-order valence-electron chi connectivity index (χ4n) is 4.98. The third kappa shape index (κ3) is 5.35.